The van der Waals surface area contributed by atoms with Crippen LogP contribution in [0.3, 0.4) is 0 Å². The molecular formula is C16H19ClO. The highest BCUT2D eigenvalue weighted by atomic mass is 35.5. The number of Topliss-reactive ketones (excluding diaryl/α,β-unsaturated/α-hetero) is 1. The minimum absolute atomic E-state index is 0.112. The average molecular weight is 263 g/mol. The third-order valence-corrected chi connectivity index (χ3v) is 3.87. The van der Waals surface area contributed by atoms with Gasteiger partial charge in [0.25, 0.3) is 0 Å². The van der Waals surface area contributed by atoms with Crippen molar-refractivity contribution in [3.05, 3.63) is 41.0 Å². The molecule has 0 spiro atoms. The first-order valence-corrected chi connectivity index (χ1v) is 7.01. The second-order valence-electron chi connectivity index (χ2n) is 5.18. The standard InChI is InChI=1S/C16H19ClO/c1-11(2)14-8-4-3-6-12(14)10-13-7-5-9-15(17)16(13)18/h3-4,6,8,10-11,15H,5,7,9H2,1-2H3. The first-order chi connectivity index (χ1) is 8.59. The molecule has 1 nitrogen and oxygen atoms in total. The number of hydrogen-bond donors (Lipinski definition) is 0. The van der Waals surface area contributed by atoms with E-state index in [0.29, 0.717) is 5.92 Å². The lowest BCUT2D eigenvalue weighted by Crippen LogP contribution is -2.21. The quantitative estimate of drug-likeness (QED) is 0.564. The molecule has 1 unspecified atom stereocenters. The Labute approximate surface area is 114 Å². The molecule has 2 rings (SSSR count). The molecule has 1 saturated carbocycles. The maximum absolute atomic E-state index is 12.0. The molecule has 1 aliphatic carbocycles. The first kappa shape index (κ1) is 13.4. The summed E-state index contributed by atoms with van der Waals surface area (Å²) < 4.78 is 0. The molecule has 1 aromatic carbocycles. The van der Waals surface area contributed by atoms with Crippen LogP contribution in [0.2, 0.25) is 0 Å². The van der Waals surface area contributed by atoms with Gasteiger partial charge in [-0.05, 0) is 48.0 Å². The van der Waals surface area contributed by atoms with Crippen molar-refractivity contribution in [2.45, 2.75) is 44.4 Å². The third kappa shape index (κ3) is 2.84. The summed E-state index contributed by atoms with van der Waals surface area (Å²) in [6.07, 6.45) is 4.71. The Morgan fingerprint density at radius 1 is 1.33 bits per heavy atom. The first-order valence-electron chi connectivity index (χ1n) is 6.57. The summed E-state index contributed by atoms with van der Waals surface area (Å²) in [5.74, 6) is 0.574. The van der Waals surface area contributed by atoms with Crippen LogP contribution in [0.25, 0.3) is 6.08 Å². The molecule has 1 aliphatic rings. The van der Waals surface area contributed by atoms with Gasteiger partial charge in [-0.25, -0.2) is 0 Å². The number of alkyl halides is 1. The van der Waals surface area contributed by atoms with E-state index >= 15 is 0 Å². The smallest absolute Gasteiger partial charge is 0.176 e. The van der Waals surface area contributed by atoms with Crippen molar-refractivity contribution in [3.63, 3.8) is 0 Å². The van der Waals surface area contributed by atoms with E-state index in [0.717, 1.165) is 30.4 Å². The van der Waals surface area contributed by atoms with Gasteiger partial charge in [-0.3, -0.25) is 4.79 Å². The van der Waals surface area contributed by atoms with Gasteiger partial charge in [-0.1, -0.05) is 38.1 Å². The van der Waals surface area contributed by atoms with Crippen LogP contribution in [-0.4, -0.2) is 11.2 Å². The van der Waals surface area contributed by atoms with Gasteiger partial charge in [-0.15, -0.1) is 11.6 Å². The minimum Gasteiger partial charge on any atom is -0.293 e. The number of rotatable bonds is 2. The summed E-state index contributed by atoms with van der Waals surface area (Å²) in [5.41, 5.74) is 3.32. The number of carbonyl (C=O) groups is 1. The van der Waals surface area contributed by atoms with Crippen LogP contribution in [0.15, 0.2) is 29.8 Å². The topological polar surface area (TPSA) is 17.1 Å². The maximum Gasteiger partial charge on any atom is 0.176 e. The van der Waals surface area contributed by atoms with Crippen LogP contribution in [0.1, 0.15) is 50.2 Å². The predicted octanol–water partition coefficient (Wildman–Crippen LogP) is 4.55. The normalized spacial score (nSPS) is 22.8. The van der Waals surface area contributed by atoms with Gasteiger partial charge >= 0.3 is 0 Å². The molecule has 2 heteroatoms. The Bertz CT molecular complexity index is 474. The minimum atomic E-state index is -0.323. The van der Waals surface area contributed by atoms with Gasteiger partial charge in [0.1, 0.15) is 0 Å². The number of allylic oxidation sites excluding steroid dienone is 1. The van der Waals surface area contributed by atoms with Gasteiger partial charge in [-0.2, -0.15) is 0 Å². The lowest BCUT2D eigenvalue weighted by Gasteiger charge is -2.18. The van der Waals surface area contributed by atoms with Crippen molar-refractivity contribution < 1.29 is 4.79 Å². The van der Waals surface area contributed by atoms with E-state index < -0.39 is 0 Å². The van der Waals surface area contributed by atoms with E-state index in [-0.39, 0.29) is 11.2 Å². The number of halogens is 1. The summed E-state index contributed by atoms with van der Waals surface area (Å²) in [6.45, 7) is 4.34. The van der Waals surface area contributed by atoms with E-state index in [1.54, 1.807) is 0 Å². The second-order valence-corrected chi connectivity index (χ2v) is 5.70. The van der Waals surface area contributed by atoms with E-state index in [1.165, 1.54) is 5.56 Å². The highest BCUT2D eigenvalue weighted by molar-refractivity contribution is 6.34. The molecule has 1 fully saturated rings. The van der Waals surface area contributed by atoms with Crippen molar-refractivity contribution in [2.75, 3.05) is 0 Å². The van der Waals surface area contributed by atoms with Crippen molar-refractivity contribution >= 4 is 23.5 Å². The van der Waals surface area contributed by atoms with Crippen LogP contribution in [0.4, 0.5) is 0 Å². The third-order valence-electron chi connectivity index (χ3n) is 3.45. The van der Waals surface area contributed by atoms with Gasteiger partial charge in [0.05, 0.1) is 5.38 Å². The predicted molar refractivity (Wildman–Crippen MR) is 77.0 cm³/mol. The van der Waals surface area contributed by atoms with Gasteiger partial charge < -0.3 is 0 Å². The summed E-state index contributed by atoms with van der Waals surface area (Å²) in [7, 11) is 0. The molecule has 0 bridgehead atoms. The van der Waals surface area contributed by atoms with Gasteiger partial charge in [0.15, 0.2) is 5.78 Å². The van der Waals surface area contributed by atoms with Crippen LogP contribution in [0.5, 0.6) is 0 Å². The maximum atomic E-state index is 12.0. The molecule has 0 aliphatic heterocycles. The Kier molecular flexibility index (Phi) is 4.23. The second kappa shape index (κ2) is 5.71. The summed E-state index contributed by atoms with van der Waals surface area (Å²) >= 11 is 6.04. The van der Waals surface area contributed by atoms with E-state index in [9.17, 15) is 4.79 Å². The van der Waals surface area contributed by atoms with Crippen LogP contribution < -0.4 is 0 Å². The highest BCUT2D eigenvalue weighted by Gasteiger charge is 2.24. The molecule has 0 aromatic heterocycles. The zero-order valence-electron chi connectivity index (χ0n) is 10.9. The molecule has 1 atom stereocenters. The van der Waals surface area contributed by atoms with Crippen LogP contribution in [-0.2, 0) is 4.79 Å². The number of carbonyl (C=O) groups excluding carboxylic acids is 1. The Morgan fingerprint density at radius 3 is 2.78 bits per heavy atom. The fourth-order valence-electron chi connectivity index (χ4n) is 2.43. The van der Waals surface area contributed by atoms with Gasteiger partial charge in [0, 0.05) is 0 Å². The Hall–Kier alpha value is -1.08. The largest absolute Gasteiger partial charge is 0.293 e. The fraction of sp³-hybridized carbons (Fsp3) is 0.438. The fourth-order valence-corrected chi connectivity index (χ4v) is 2.72. The number of ketones is 1. The monoisotopic (exact) mass is 262 g/mol. The van der Waals surface area contributed by atoms with E-state index in [4.69, 9.17) is 11.6 Å². The number of hydrogen-bond acceptors (Lipinski definition) is 1. The molecule has 18 heavy (non-hydrogen) atoms. The summed E-state index contributed by atoms with van der Waals surface area (Å²) in [5, 5.41) is -0.323. The zero-order chi connectivity index (χ0) is 13.1. The summed E-state index contributed by atoms with van der Waals surface area (Å²) in [6, 6.07) is 8.27. The van der Waals surface area contributed by atoms with E-state index in [1.807, 2.05) is 18.2 Å². The van der Waals surface area contributed by atoms with E-state index in [2.05, 4.69) is 26.0 Å². The van der Waals surface area contributed by atoms with Crippen molar-refractivity contribution in [1.82, 2.24) is 0 Å². The molecular weight excluding hydrogens is 244 g/mol. The molecule has 0 amide bonds. The molecule has 0 radical (unpaired) electrons. The molecule has 0 N–H and O–H groups in total. The highest BCUT2D eigenvalue weighted by Crippen LogP contribution is 2.28. The van der Waals surface area contributed by atoms with Crippen LogP contribution >= 0.6 is 11.6 Å². The van der Waals surface area contributed by atoms with Crippen LogP contribution in [0, 0.1) is 0 Å². The van der Waals surface area contributed by atoms with Gasteiger partial charge in [0.2, 0.25) is 0 Å². The van der Waals surface area contributed by atoms with Crippen molar-refractivity contribution in [3.8, 4) is 0 Å². The molecule has 1 aromatic rings. The zero-order valence-corrected chi connectivity index (χ0v) is 11.7. The Morgan fingerprint density at radius 2 is 2.06 bits per heavy atom. The SMILES string of the molecule is CC(C)c1ccccc1C=C1CCCC(Cl)C1=O. The lowest BCUT2D eigenvalue weighted by atomic mass is 9.89. The van der Waals surface area contributed by atoms with Crippen molar-refractivity contribution in [1.29, 1.82) is 0 Å². The lowest BCUT2D eigenvalue weighted by molar-refractivity contribution is -0.116. The Balaban J connectivity index is 2.35. The number of benzene rings is 1. The molecule has 0 saturated heterocycles. The molecule has 96 valence electrons. The summed E-state index contributed by atoms with van der Waals surface area (Å²) in [4.78, 5) is 12.0. The molecule has 0 heterocycles. The van der Waals surface area contributed by atoms with Crippen molar-refractivity contribution in [2.24, 2.45) is 0 Å². The average Bonchev–Trinajstić information content (AvgIpc) is 2.35.